The Hall–Kier alpha value is -2.66. The van der Waals surface area contributed by atoms with Gasteiger partial charge in [-0.1, -0.05) is 48.5 Å². The summed E-state index contributed by atoms with van der Waals surface area (Å²) in [6, 6.07) is 14.8. The normalized spacial score (nSPS) is 13.8. The molecule has 3 rings (SSSR count). The lowest BCUT2D eigenvalue weighted by atomic mass is 10.1. The molecular weight excluding hydrogens is 306 g/mol. The van der Waals surface area contributed by atoms with Crippen LogP contribution in [0.25, 0.3) is 11.1 Å². The Morgan fingerprint density at radius 2 is 1.58 bits per heavy atom. The van der Waals surface area contributed by atoms with E-state index in [0.717, 1.165) is 22.3 Å². The number of methoxy groups -OCH3 is 1. The van der Waals surface area contributed by atoms with Crippen molar-refractivity contribution in [3.8, 4) is 11.1 Å². The van der Waals surface area contributed by atoms with Crippen LogP contribution in [0.3, 0.4) is 0 Å². The highest BCUT2D eigenvalue weighted by Crippen LogP contribution is 2.45. The summed E-state index contributed by atoms with van der Waals surface area (Å²) in [5, 5.41) is 0. The van der Waals surface area contributed by atoms with Gasteiger partial charge in [-0.3, -0.25) is 9.59 Å². The number of esters is 2. The molecule has 5 nitrogen and oxygen atoms in total. The Kier molecular flexibility index (Phi) is 4.62. The molecule has 0 saturated carbocycles. The van der Waals surface area contributed by atoms with Crippen LogP contribution in [0.5, 0.6) is 0 Å². The standard InChI is InChI=1S/C19H19NO4/c1-23-17(21)11-10-16(20)19(22)24-18-14-8-4-2-6-12(14)13-7-3-5-9-15(13)18/h2-9,16,18H,10-11,20H2,1H3/t16-/m0/s1. The first-order chi connectivity index (χ1) is 11.6. The summed E-state index contributed by atoms with van der Waals surface area (Å²) in [5.74, 6) is -0.912. The Bertz CT molecular complexity index is 726. The smallest absolute Gasteiger partial charge is 0.323 e. The van der Waals surface area contributed by atoms with Crippen molar-refractivity contribution in [2.24, 2.45) is 5.73 Å². The molecule has 24 heavy (non-hydrogen) atoms. The number of benzene rings is 2. The van der Waals surface area contributed by atoms with Gasteiger partial charge in [0.1, 0.15) is 6.04 Å². The van der Waals surface area contributed by atoms with Crippen molar-refractivity contribution in [1.29, 1.82) is 0 Å². The van der Waals surface area contributed by atoms with Crippen molar-refractivity contribution in [3.05, 3.63) is 59.7 Å². The molecule has 124 valence electrons. The van der Waals surface area contributed by atoms with Crippen molar-refractivity contribution in [1.82, 2.24) is 0 Å². The molecule has 2 aromatic rings. The maximum Gasteiger partial charge on any atom is 0.323 e. The molecule has 1 aliphatic rings. The fourth-order valence-electron chi connectivity index (χ4n) is 2.93. The topological polar surface area (TPSA) is 78.6 Å². The quantitative estimate of drug-likeness (QED) is 0.855. The van der Waals surface area contributed by atoms with Gasteiger partial charge < -0.3 is 15.2 Å². The number of carbonyl (C=O) groups excluding carboxylic acids is 2. The van der Waals surface area contributed by atoms with Crippen LogP contribution < -0.4 is 5.73 Å². The molecule has 0 amide bonds. The summed E-state index contributed by atoms with van der Waals surface area (Å²) in [6.45, 7) is 0. The fraction of sp³-hybridized carbons (Fsp3) is 0.263. The van der Waals surface area contributed by atoms with Gasteiger partial charge >= 0.3 is 11.9 Å². The van der Waals surface area contributed by atoms with Gasteiger partial charge in [0.25, 0.3) is 0 Å². The lowest BCUT2D eigenvalue weighted by Gasteiger charge is -2.18. The van der Waals surface area contributed by atoms with E-state index in [9.17, 15) is 9.59 Å². The Labute approximate surface area is 140 Å². The summed E-state index contributed by atoms with van der Waals surface area (Å²) in [6.07, 6.45) is -0.180. The Morgan fingerprint density at radius 3 is 2.12 bits per heavy atom. The van der Waals surface area contributed by atoms with Crippen molar-refractivity contribution in [3.63, 3.8) is 0 Å². The average Bonchev–Trinajstić information content (AvgIpc) is 2.93. The van der Waals surface area contributed by atoms with Crippen molar-refractivity contribution in [2.45, 2.75) is 25.0 Å². The van der Waals surface area contributed by atoms with E-state index in [2.05, 4.69) is 4.74 Å². The van der Waals surface area contributed by atoms with E-state index in [1.165, 1.54) is 7.11 Å². The van der Waals surface area contributed by atoms with Crippen LogP contribution in [-0.2, 0) is 19.1 Å². The summed E-state index contributed by atoms with van der Waals surface area (Å²) in [7, 11) is 1.30. The van der Waals surface area contributed by atoms with Gasteiger partial charge in [0.2, 0.25) is 0 Å². The minimum atomic E-state index is -0.857. The van der Waals surface area contributed by atoms with Crippen LogP contribution in [0.15, 0.2) is 48.5 Å². The molecule has 0 radical (unpaired) electrons. The molecule has 0 bridgehead atoms. The Balaban J connectivity index is 1.77. The SMILES string of the molecule is COC(=O)CC[C@H](N)C(=O)OC1c2ccccc2-c2ccccc21. The van der Waals surface area contributed by atoms with Gasteiger partial charge in [0.05, 0.1) is 7.11 Å². The number of carbonyl (C=O) groups is 2. The summed E-state index contributed by atoms with van der Waals surface area (Å²) in [5.41, 5.74) is 9.89. The van der Waals surface area contributed by atoms with Gasteiger partial charge in [0, 0.05) is 17.5 Å². The molecule has 0 heterocycles. The molecule has 0 fully saturated rings. The molecule has 0 spiro atoms. The lowest BCUT2D eigenvalue weighted by Crippen LogP contribution is -2.33. The largest absolute Gasteiger partial charge is 0.469 e. The number of hydrogen-bond donors (Lipinski definition) is 1. The zero-order chi connectivity index (χ0) is 17.1. The predicted octanol–water partition coefficient (Wildman–Crippen LogP) is 2.58. The van der Waals surface area contributed by atoms with Gasteiger partial charge in [-0.05, 0) is 17.5 Å². The van der Waals surface area contributed by atoms with Crippen LogP contribution in [0.4, 0.5) is 0 Å². The first-order valence-corrected chi connectivity index (χ1v) is 7.83. The van der Waals surface area contributed by atoms with E-state index in [-0.39, 0.29) is 12.8 Å². The fourth-order valence-corrected chi connectivity index (χ4v) is 2.93. The molecule has 0 aromatic heterocycles. The van der Waals surface area contributed by atoms with Crippen molar-refractivity contribution in [2.75, 3.05) is 7.11 Å². The van der Waals surface area contributed by atoms with Crippen LogP contribution in [-0.4, -0.2) is 25.1 Å². The van der Waals surface area contributed by atoms with Gasteiger partial charge in [0.15, 0.2) is 6.10 Å². The highest BCUT2D eigenvalue weighted by molar-refractivity contribution is 5.82. The molecule has 2 aromatic carbocycles. The van der Waals surface area contributed by atoms with Crippen molar-refractivity contribution < 1.29 is 19.1 Å². The second-order valence-electron chi connectivity index (χ2n) is 5.71. The molecule has 1 aliphatic carbocycles. The van der Waals surface area contributed by atoms with Crippen LogP contribution in [0, 0.1) is 0 Å². The van der Waals surface area contributed by atoms with Gasteiger partial charge in [-0.15, -0.1) is 0 Å². The molecule has 0 unspecified atom stereocenters. The highest BCUT2D eigenvalue weighted by Gasteiger charge is 2.32. The van der Waals surface area contributed by atoms with E-state index >= 15 is 0 Å². The van der Waals surface area contributed by atoms with Crippen LogP contribution in [0.2, 0.25) is 0 Å². The van der Waals surface area contributed by atoms with E-state index in [4.69, 9.17) is 10.5 Å². The molecule has 5 heteroatoms. The second-order valence-corrected chi connectivity index (χ2v) is 5.71. The van der Waals surface area contributed by atoms with Crippen molar-refractivity contribution >= 4 is 11.9 Å². The van der Waals surface area contributed by atoms with E-state index in [1.54, 1.807) is 0 Å². The van der Waals surface area contributed by atoms with E-state index < -0.39 is 24.1 Å². The molecule has 0 saturated heterocycles. The first kappa shape index (κ1) is 16.2. The number of hydrogen-bond acceptors (Lipinski definition) is 5. The van der Waals surface area contributed by atoms with Gasteiger partial charge in [-0.25, -0.2) is 0 Å². The second kappa shape index (κ2) is 6.84. The van der Waals surface area contributed by atoms with Crippen LogP contribution in [0.1, 0.15) is 30.1 Å². The van der Waals surface area contributed by atoms with E-state index in [1.807, 2.05) is 48.5 Å². The first-order valence-electron chi connectivity index (χ1n) is 7.83. The Morgan fingerprint density at radius 1 is 1.04 bits per heavy atom. The minimum Gasteiger partial charge on any atom is -0.469 e. The summed E-state index contributed by atoms with van der Waals surface area (Å²) < 4.78 is 10.2. The number of fused-ring (bicyclic) bond motifs is 3. The molecular formula is C19H19NO4. The maximum absolute atomic E-state index is 12.3. The zero-order valence-corrected chi connectivity index (χ0v) is 13.4. The van der Waals surface area contributed by atoms with E-state index in [0.29, 0.717) is 0 Å². The highest BCUT2D eigenvalue weighted by atomic mass is 16.5. The number of rotatable bonds is 5. The maximum atomic E-state index is 12.3. The molecule has 1 atom stereocenters. The number of ether oxygens (including phenoxy) is 2. The summed E-state index contributed by atoms with van der Waals surface area (Å²) >= 11 is 0. The average molecular weight is 325 g/mol. The third-order valence-electron chi connectivity index (χ3n) is 4.20. The monoisotopic (exact) mass is 325 g/mol. The molecule has 0 aliphatic heterocycles. The minimum absolute atomic E-state index is 0.0879. The number of nitrogens with two attached hydrogens (primary N) is 1. The molecule has 2 N–H and O–H groups in total. The third-order valence-corrected chi connectivity index (χ3v) is 4.20. The van der Waals surface area contributed by atoms with Crippen LogP contribution >= 0.6 is 0 Å². The van der Waals surface area contributed by atoms with Gasteiger partial charge in [-0.2, -0.15) is 0 Å². The lowest BCUT2D eigenvalue weighted by molar-refractivity contribution is -0.149. The predicted molar refractivity (Wildman–Crippen MR) is 89.0 cm³/mol. The third kappa shape index (κ3) is 3.03. The summed E-state index contributed by atoms with van der Waals surface area (Å²) in [4.78, 5) is 23.5. The zero-order valence-electron chi connectivity index (χ0n) is 13.4.